The van der Waals surface area contributed by atoms with Crippen LogP contribution >= 0.6 is 0 Å². The van der Waals surface area contributed by atoms with Gasteiger partial charge in [0.1, 0.15) is 0 Å². The molecule has 1 heterocycles. The molecule has 1 rings (SSSR count). The highest BCUT2D eigenvalue weighted by molar-refractivity contribution is 7.84. The van der Waals surface area contributed by atoms with Gasteiger partial charge in [0.2, 0.25) is 5.91 Å². The van der Waals surface area contributed by atoms with Crippen molar-refractivity contribution >= 4 is 16.7 Å². The lowest BCUT2D eigenvalue weighted by molar-refractivity contribution is -0.125. The molecule has 4 unspecified atom stereocenters. The van der Waals surface area contributed by atoms with Crippen LogP contribution in [0.15, 0.2) is 0 Å². The standard InChI is InChI=1S/C12H24N2O3S/c1-4-13-11-8-17-7-10(11)12(15)14-6-5-9(2)18(3)16/h9-11,13H,4-8H2,1-3H3,(H,14,15). The number of likely N-dealkylation sites (N-methyl/N-ethyl adjacent to an activating group) is 1. The van der Waals surface area contributed by atoms with Crippen molar-refractivity contribution in [2.45, 2.75) is 31.6 Å². The van der Waals surface area contributed by atoms with Gasteiger partial charge in [-0.25, -0.2) is 0 Å². The number of carbonyl (C=O) groups is 1. The summed E-state index contributed by atoms with van der Waals surface area (Å²) >= 11 is 0. The van der Waals surface area contributed by atoms with Crippen LogP contribution in [0.2, 0.25) is 0 Å². The number of hydrogen-bond donors (Lipinski definition) is 2. The van der Waals surface area contributed by atoms with E-state index < -0.39 is 10.8 Å². The van der Waals surface area contributed by atoms with Gasteiger partial charge in [0.25, 0.3) is 0 Å². The maximum atomic E-state index is 12.0. The summed E-state index contributed by atoms with van der Waals surface area (Å²) in [5, 5.41) is 6.28. The number of carbonyl (C=O) groups excluding carboxylic acids is 1. The fourth-order valence-corrected chi connectivity index (χ4v) is 2.42. The average molecular weight is 276 g/mol. The van der Waals surface area contributed by atoms with Gasteiger partial charge in [0, 0.05) is 34.9 Å². The van der Waals surface area contributed by atoms with Gasteiger partial charge in [-0.15, -0.1) is 0 Å². The summed E-state index contributed by atoms with van der Waals surface area (Å²) in [7, 11) is -0.825. The van der Waals surface area contributed by atoms with Gasteiger partial charge in [0.05, 0.1) is 19.1 Å². The Balaban J connectivity index is 2.29. The van der Waals surface area contributed by atoms with Crippen molar-refractivity contribution in [3.05, 3.63) is 0 Å². The normalized spacial score (nSPS) is 26.8. The monoisotopic (exact) mass is 276 g/mol. The van der Waals surface area contributed by atoms with E-state index in [2.05, 4.69) is 10.6 Å². The van der Waals surface area contributed by atoms with Gasteiger partial charge in [-0.05, 0) is 13.0 Å². The molecule has 106 valence electrons. The fourth-order valence-electron chi connectivity index (χ4n) is 1.97. The number of nitrogens with one attached hydrogen (secondary N) is 2. The molecule has 0 aromatic heterocycles. The lowest BCUT2D eigenvalue weighted by atomic mass is 10.0. The molecule has 0 aromatic rings. The Morgan fingerprint density at radius 3 is 2.83 bits per heavy atom. The van der Waals surface area contributed by atoms with Crippen molar-refractivity contribution in [2.24, 2.45) is 5.92 Å². The lowest BCUT2D eigenvalue weighted by Crippen LogP contribution is -2.44. The first kappa shape index (κ1) is 15.6. The molecule has 1 amide bonds. The molecule has 0 bridgehead atoms. The van der Waals surface area contributed by atoms with Crippen LogP contribution in [0.5, 0.6) is 0 Å². The molecule has 1 saturated heterocycles. The number of rotatable bonds is 7. The highest BCUT2D eigenvalue weighted by Gasteiger charge is 2.33. The lowest BCUT2D eigenvalue weighted by Gasteiger charge is -2.18. The SMILES string of the molecule is CCNC1COCC1C(=O)NCCC(C)S(C)=O. The molecular formula is C12H24N2O3S. The molecule has 1 fully saturated rings. The van der Waals surface area contributed by atoms with Gasteiger partial charge >= 0.3 is 0 Å². The molecule has 6 heteroatoms. The molecule has 1 aliphatic heterocycles. The summed E-state index contributed by atoms with van der Waals surface area (Å²) in [6, 6.07) is 0.118. The fraction of sp³-hybridized carbons (Fsp3) is 0.917. The Kier molecular flexibility index (Phi) is 6.81. The highest BCUT2D eigenvalue weighted by atomic mass is 32.2. The van der Waals surface area contributed by atoms with E-state index in [-0.39, 0.29) is 23.1 Å². The molecule has 1 aliphatic rings. The predicted molar refractivity (Wildman–Crippen MR) is 72.9 cm³/mol. The zero-order valence-electron chi connectivity index (χ0n) is 11.4. The van der Waals surface area contributed by atoms with Crippen molar-refractivity contribution in [3.8, 4) is 0 Å². The van der Waals surface area contributed by atoms with Gasteiger partial charge < -0.3 is 15.4 Å². The third-order valence-corrected chi connectivity index (χ3v) is 4.67. The van der Waals surface area contributed by atoms with E-state index in [4.69, 9.17) is 4.74 Å². The number of amides is 1. The Labute approximate surface area is 111 Å². The quantitative estimate of drug-likeness (QED) is 0.680. The van der Waals surface area contributed by atoms with Crippen LogP contribution in [-0.4, -0.2) is 54.0 Å². The molecule has 0 aromatic carbocycles. The third kappa shape index (κ3) is 4.66. The van der Waals surface area contributed by atoms with E-state index in [1.165, 1.54) is 0 Å². The van der Waals surface area contributed by atoms with Gasteiger partial charge in [-0.2, -0.15) is 0 Å². The van der Waals surface area contributed by atoms with Crippen molar-refractivity contribution in [1.82, 2.24) is 10.6 Å². The van der Waals surface area contributed by atoms with Crippen LogP contribution in [0.4, 0.5) is 0 Å². The topological polar surface area (TPSA) is 67.4 Å². The minimum Gasteiger partial charge on any atom is -0.379 e. The van der Waals surface area contributed by atoms with E-state index in [1.54, 1.807) is 6.26 Å². The van der Waals surface area contributed by atoms with Crippen LogP contribution in [-0.2, 0) is 20.3 Å². The second kappa shape index (κ2) is 7.86. The number of ether oxygens (including phenoxy) is 1. The van der Waals surface area contributed by atoms with E-state index >= 15 is 0 Å². The van der Waals surface area contributed by atoms with Gasteiger partial charge in [0.15, 0.2) is 0 Å². The van der Waals surface area contributed by atoms with Crippen molar-refractivity contribution in [2.75, 3.05) is 32.6 Å². The van der Waals surface area contributed by atoms with Crippen molar-refractivity contribution in [1.29, 1.82) is 0 Å². The second-order valence-corrected chi connectivity index (χ2v) is 6.50. The molecule has 18 heavy (non-hydrogen) atoms. The first-order chi connectivity index (χ1) is 8.56. The largest absolute Gasteiger partial charge is 0.379 e. The highest BCUT2D eigenvalue weighted by Crippen LogP contribution is 2.13. The Morgan fingerprint density at radius 1 is 1.50 bits per heavy atom. The van der Waals surface area contributed by atoms with Crippen LogP contribution in [0.25, 0.3) is 0 Å². The second-order valence-electron chi connectivity index (χ2n) is 4.70. The smallest absolute Gasteiger partial charge is 0.227 e. The summed E-state index contributed by atoms with van der Waals surface area (Å²) in [6.45, 7) is 6.45. The number of hydrogen-bond acceptors (Lipinski definition) is 4. The summed E-state index contributed by atoms with van der Waals surface area (Å²) in [5.41, 5.74) is 0. The molecule has 5 nitrogen and oxygen atoms in total. The molecule has 4 atom stereocenters. The molecule has 0 spiro atoms. The van der Waals surface area contributed by atoms with Crippen LogP contribution < -0.4 is 10.6 Å². The maximum absolute atomic E-state index is 12.0. The van der Waals surface area contributed by atoms with Gasteiger partial charge in [-0.1, -0.05) is 13.8 Å². The van der Waals surface area contributed by atoms with E-state index in [0.29, 0.717) is 19.8 Å². The first-order valence-electron chi connectivity index (χ1n) is 6.47. The van der Waals surface area contributed by atoms with E-state index in [0.717, 1.165) is 13.0 Å². The molecule has 2 N–H and O–H groups in total. The summed E-state index contributed by atoms with van der Waals surface area (Å²) < 4.78 is 16.5. The molecule has 0 saturated carbocycles. The minimum absolute atomic E-state index is 0.0348. The molecular weight excluding hydrogens is 252 g/mol. The third-order valence-electron chi connectivity index (χ3n) is 3.30. The minimum atomic E-state index is -0.825. The zero-order chi connectivity index (χ0) is 13.5. The zero-order valence-corrected chi connectivity index (χ0v) is 12.2. The van der Waals surface area contributed by atoms with E-state index in [1.807, 2.05) is 13.8 Å². The Morgan fingerprint density at radius 2 is 2.22 bits per heavy atom. The van der Waals surface area contributed by atoms with Crippen molar-refractivity contribution < 1.29 is 13.7 Å². The Bertz CT molecular complexity index is 299. The maximum Gasteiger partial charge on any atom is 0.227 e. The summed E-state index contributed by atoms with van der Waals surface area (Å²) in [6.07, 6.45) is 2.44. The average Bonchev–Trinajstić information content (AvgIpc) is 2.77. The summed E-state index contributed by atoms with van der Waals surface area (Å²) in [5.74, 6) is -0.0695. The van der Waals surface area contributed by atoms with Crippen LogP contribution in [0.1, 0.15) is 20.3 Å². The first-order valence-corrected chi connectivity index (χ1v) is 8.09. The molecule has 0 radical (unpaired) electrons. The van der Waals surface area contributed by atoms with Crippen LogP contribution in [0.3, 0.4) is 0 Å². The predicted octanol–water partition coefficient (Wildman–Crippen LogP) is -0.116. The van der Waals surface area contributed by atoms with Crippen molar-refractivity contribution in [3.63, 3.8) is 0 Å². The molecule has 0 aliphatic carbocycles. The Hall–Kier alpha value is -0.460. The van der Waals surface area contributed by atoms with Crippen LogP contribution in [0, 0.1) is 5.92 Å². The summed E-state index contributed by atoms with van der Waals surface area (Å²) in [4.78, 5) is 12.0. The van der Waals surface area contributed by atoms with Gasteiger partial charge in [-0.3, -0.25) is 9.00 Å². The van der Waals surface area contributed by atoms with E-state index in [9.17, 15) is 9.00 Å².